The average molecular weight is 296 g/mol. The molecular formula is C17H23ClFN. The van der Waals surface area contributed by atoms with E-state index in [1.807, 2.05) is 12.1 Å². The summed E-state index contributed by atoms with van der Waals surface area (Å²) in [5.41, 5.74) is 0.756. The van der Waals surface area contributed by atoms with Crippen LogP contribution in [-0.4, -0.2) is 12.6 Å². The van der Waals surface area contributed by atoms with E-state index in [-0.39, 0.29) is 10.8 Å². The van der Waals surface area contributed by atoms with Gasteiger partial charge in [0.05, 0.1) is 5.02 Å². The van der Waals surface area contributed by atoms with Crippen molar-refractivity contribution in [3.05, 3.63) is 34.6 Å². The molecule has 110 valence electrons. The first-order valence-electron chi connectivity index (χ1n) is 7.85. The van der Waals surface area contributed by atoms with Crippen molar-refractivity contribution in [2.24, 2.45) is 17.8 Å². The molecule has 0 radical (unpaired) electrons. The summed E-state index contributed by atoms with van der Waals surface area (Å²) in [6.45, 7) is 3.08. The molecule has 20 heavy (non-hydrogen) atoms. The summed E-state index contributed by atoms with van der Waals surface area (Å²) in [6.07, 6.45) is 6.25. The maximum atomic E-state index is 14.1. The summed E-state index contributed by atoms with van der Waals surface area (Å²) in [7, 11) is 0. The van der Waals surface area contributed by atoms with Crippen LogP contribution < -0.4 is 5.32 Å². The summed E-state index contributed by atoms with van der Waals surface area (Å²) in [6, 6.07) is 5.74. The summed E-state index contributed by atoms with van der Waals surface area (Å²) in [4.78, 5) is 0. The molecule has 2 saturated carbocycles. The molecule has 1 aromatic carbocycles. The van der Waals surface area contributed by atoms with Crippen LogP contribution in [0.1, 0.15) is 38.2 Å². The Morgan fingerprint density at radius 1 is 1.35 bits per heavy atom. The second-order valence-corrected chi connectivity index (χ2v) is 6.83. The van der Waals surface area contributed by atoms with Crippen LogP contribution >= 0.6 is 11.6 Å². The molecule has 1 nitrogen and oxygen atoms in total. The molecule has 2 aliphatic rings. The van der Waals surface area contributed by atoms with E-state index in [1.54, 1.807) is 6.07 Å². The van der Waals surface area contributed by atoms with Gasteiger partial charge in [-0.3, -0.25) is 0 Å². The van der Waals surface area contributed by atoms with Crippen molar-refractivity contribution >= 4 is 11.6 Å². The lowest BCUT2D eigenvalue weighted by atomic mass is 9.81. The first-order chi connectivity index (χ1) is 9.69. The highest BCUT2D eigenvalue weighted by molar-refractivity contribution is 6.30. The Morgan fingerprint density at radius 3 is 2.85 bits per heavy atom. The number of benzene rings is 1. The quantitative estimate of drug-likeness (QED) is 0.847. The summed E-state index contributed by atoms with van der Waals surface area (Å²) in [5.74, 6) is 2.26. The number of rotatable bonds is 5. The SMILES string of the molecule is CCNC(Cc1cccc(Cl)c1F)C1CC2CCC1C2. The molecule has 4 unspecified atom stereocenters. The zero-order chi connectivity index (χ0) is 14.1. The van der Waals surface area contributed by atoms with Gasteiger partial charge in [-0.25, -0.2) is 4.39 Å². The molecule has 0 heterocycles. The highest BCUT2D eigenvalue weighted by atomic mass is 35.5. The molecule has 0 aliphatic heterocycles. The van der Waals surface area contributed by atoms with Crippen molar-refractivity contribution in [3.63, 3.8) is 0 Å². The van der Waals surface area contributed by atoms with Gasteiger partial charge in [-0.05, 0) is 61.6 Å². The van der Waals surface area contributed by atoms with Gasteiger partial charge >= 0.3 is 0 Å². The van der Waals surface area contributed by atoms with E-state index in [9.17, 15) is 4.39 Å². The van der Waals surface area contributed by atoms with Crippen molar-refractivity contribution < 1.29 is 4.39 Å². The molecule has 0 amide bonds. The van der Waals surface area contributed by atoms with Gasteiger partial charge in [0.25, 0.3) is 0 Å². The maximum absolute atomic E-state index is 14.1. The third kappa shape index (κ3) is 2.73. The predicted molar refractivity (Wildman–Crippen MR) is 81.5 cm³/mol. The second-order valence-electron chi connectivity index (χ2n) is 6.42. The molecule has 2 bridgehead atoms. The highest BCUT2D eigenvalue weighted by Crippen LogP contribution is 2.50. The van der Waals surface area contributed by atoms with Crippen molar-refractivity contribution in [3.8, 4) is 0 Å². The van der Waals surface area contributed by atoms with Gasteiger partial charge in [0, 0.05) is 6.04 Å². The van der Waals surface area contributed by atoms with Gasteiger partial charge in [-0.1, -0.05) is 37.1 Å². The van der Waals surface area contributed by atoms with E-state index >= 15 is 0 Å². The standard InChI is InChI=1S/C17H23ClFN/c1-2-20-16(14-9-11-6-7-12(14)8-11)10-13-4-3-5-15(18)17(13)19/h3-5,11-12,14,16,20H,2,6-10H2,1H3. The third-order valence-electron chi connectivity index (χ3n) is 5.25. The van der Waals surface area contributed by atoms with Crippen molar-refractivity contribution in [2.75, 3.05) is 6.54 Å². The zero-order valence-electron chi connectivity index (χ0n) is 12.0. The second kappa shape index (κ2) is 6.03. The number of nitrogens with one attached hydrogen (secondary N) is 1. The van der Waals surface area contributed by atoms with Crippen molar-refractivity contribution in [1.29, 1.82) is 0 Å². The van der Waals surface area contributed by atoms with Gasteiger partial charge in [0.1, 0.15) is 5.82 Å². The van der Waals surface area contributed by atoms with Crippen LogP contribution in [-0.2, 0) is 6.42 Å². The van der Waals surface area contributed by atoms with E-state index in [0.29, 0.717) is 12.0 Å². The first-order valence-corrected chi connectivity index (χ1v) is 8.23. The fourth-order valence-electron chi connectivity index (χ4n) is 4.37. The van der Waals surface area contributed by atoms with Gasteiger partial charge in [-0.2, -0.15) is 0 Å². The summed E-state index contributed by atoms with van der Waals surface area (Å²) in [5, 5.41) is 3.84. The Labute approximate surface area is 125 Å². The van der Waals surface area contributed by atoms with Crippen LogP contribution in [0.15, 0.2) is 18.2 Å². The van der Waals surface area contributed by atoms with Crippen LogP contribution in [0, 0.1) is 23.6 Å². The fourth-order valence-corrected chi connectivity index (χ4v) is 4.56. The van der Waals surface area contributed by atoms with Gasteiger partial charge in [-0.15, -0.1) is 0 Å². The Bertz CT molecular complexity index is 476. The van der Waals surface area contributed by atoms with E-state index in [1.165, 1.54) is 25.7 Å². The normalized spacial score (nSPS) is 29.9. The molecule has 3 heteroatoms. The minimum Gasteiger partial charge on any atom is -0.314 e. The van der Waals surface area contributed by atoms with E-state index in [2.05, 4.69) is 12.2 Å². The summed E-state index contributed by atoms with van der Waals surface area (Å²) < 4.78 is 14.1. The van der Waals surface area contributed by atoms with Crippen LogP contribution in [0.4, 0.5) is 4.39 Å². The molecule has 0 saturated heterocycles. The van der Waals surface area contributed by atoms with Crippen LogP contribution in [0.5, 0.6) is 0 Å². The van der Waals surface area contributed by atoms with Gasteiger partial charge in [0.2, 0.25) is 0 Å². The predicted octanol–water partition coefficient (Wildman–Crippen LogP) is 4.44. The number of hydrogen-bond donors (Lipinski definition) is 1. The number of hydrogen-bond acceptors (Lipinski definition) is 1. The van der Waals surface area contributed by atoms with Crippen LogP contribution in [0.2, 0.25) is 5.02 Å². The molecule has 1 aromatic rings. The monoisotopic (exact) mass is 295 g/mol. The molecule has 4 atom stereocenters. The minimum absolute atomic E-state index is 0.236. The average Bonchev–Trinajstić information content (AvgIpc) is 3.05. The smallest absolute Gasteiger partial charge is 0.145 e. The maximum Gasteiger partial charge on any atom is 0.145 e. The highest BCUT2D eigenvalue weighted by Gasteiger charge is 2.42. The molecule has 2 fully saturated rings. The lowest BCUT2D eigenvalue weighted by Gasteiger charge is -2.31. The largest absolute Gasteiger partial charge is 0.314 e. The van der Waals surface area contributed by atoms with E-state index in [4.69, 9.17) is 11.6 Å². The Kier molecular flexibility index (Phi) is 4.32. The van der Waals surface area contributed by atoms with Crippen LogP contribution in [0.25, 0.3) is 0 Å². The Hall–Kier alpha value is -0.600. The molecule has 3 rings (SSSR count). The van der Waals surface area contributed by atoms with Crippen molar-refractivity contribution in [2.45, 2.75) is 45.1 Å². The third-order valence-corrected chi connectivity index (χ3v) is 5.54. The Balaban J connectivity index is 1.76. The zero-order valence-corrected chi connectivity index (χ0v) is 12.8. The fraction of sp³-hybridized carbons (Fsp3) is 0.647. The molecule has 0 spiro atoms. The van der Waals surface area contributed by atoms with Crippen LogP contribution in [0.3, 0.4) is 0 Å². The first kappa shape index (κ1) is 14.3. The molecule has 2 aliphatic carbocycles. The number of likely N-dealkylation sites (N-methyl/N-ethyl adjacent to an activating group) is 1. The lowest BCUT2D eigenvalue weighted by molar-refractivity contribution is 0.248. The van der Waals surface area contributed by atoms with E-state index in [0.717, 1.165) is 30.4 Å². The summed E-state index contributed by atoms with van der Waals surface area (Å²) >= 11 is 5.90. The topological polar surface area (TPSA) is 12.0 Å². The number of halogens is 2. The van der Waals surface area contributed by atoms with Gasteiger partial charge < -0.3 is 5.32 Å². The van der Waals surface area contributed by atoms with E-state index < -0.39 is 0 Å². The Morgan fingerprint density at radius 2 is 2.20 bits per heavy atom. The molecule has 1 N–H and O–H groups in total. The minimum atomic E-state index is -0.236. The van der Waals surface area contributed by atoms with Crippen molar-refractivity contribution in [1.82, 2.24) is 5.32 Å². The molecular weight excluding hydrogens is 273 g/mol. The van der Waals surface area contributed by atoms with Gasteiger partial charge in [0.15, 0.2) is 0 Å². The number of fused-ring (bicyclic) bond motifs is 2. The molecule has 0 aromatic heterocycles. The lowest BCUT2D eigenvalue weighted by Crippen LogP contribution is -2.40.